The molecule has 29 heavy (non-hydrogen) atoms. The van der Waals surface area contributed by atoms with Crippen molar-refractivity contribution >= 4 is 17.5 Å². The van der Waals surface area contributed by atoms with Gasteiger partial charge in [-0.15, -0.1) is 0 Å². The Balaban J connectivity index is 1.43. The zero-order valence-corrected chi connectivity index (χ0v) is 17.6. The van der Waals surface area contributed by atoms with Gasteiger partial charge in [-0.1, -0.05) is 48.0 Å². The summed E-state index contributed by atoms with van der Waals surface area (Å²) < 4.78 is 0. The van der Waals surface area contributed by atoms with Gasteiger partial charge in [0.05, 0.1) is 6.54 Å². The van der Waals surface area contributed by atoms with Gasteiger partial charge < -0.3 is 10.6 Å². The van der Waals surface area contributed by atoms with Crippen LogP contribution in [-0.4, -0.2) is 36.3 Å². The Morgan fingerprint density at radius 3 is 2.24 bits per heavy atom. The maximum Gasteiger partial charge on any atom is 0.238 e. The predicted molar refractivity (Wildman–Crippen MR) is 117 cm³/mol. The van der Waals surface area contributed by atoms with Gasteiger partial charge in [-0.2, -0.15) is 0 Å². The van der Waals surface area contributed by atoms with Crippen molar-refractivity contribution in [2.75, 3.05) is 25.0 Å². The summed E-state index contributed by atoms with van der Waals surface area (Å²) in [5, 5.41) is 6.10. The van der Waals surface area contributed by atoms with E-state index in [0.29, 0.717) is 13.1 Å². The molecule has 1 aliphatic rings. The highest BCUT2D eigenvalue weighted by Gasteiger charge is 2.25. The molecule has 0 saturated carbocycles. The Morgan fingerprint density at radius 2 is 1.62 bits per heavy atom. The topological polar surface area (TPSA) is 61.4 Å². The first-order chi connectivity index (χ1) is 13.9. The van der Waals surface area contributed by atoms with Crippen molar-refractivity contribution in [2.24, 2.45) is 5.92 Å². The lowest BCUT2D eigenvalue weighted by Gasteiger charge is -2.30. The minimum Gasteiger partial charge on any atom is -0.352 e. The highest BCUT2D eigenvalue weighted by Crippen LogP contribution is 2.22. The van der Waals surface area contributed by atoms with Gasteiger partial charge in [0.1, 0.15) is 0 Å². The monoisotopic (exact) mass is 393 g/mol. The van der Waals surface area contributed by atoms with E-state index in [4.69, 9.17) is 0 Å². The van der Waals surface area contributed by atoms with Gasteiger partial charge in [0.25, 0.3) is 0 Å². The van der Waals surface area contributed by atoms with Crippen molar-refractivity contribution in [1.29, 1.82) is 0 Å². The molecule has 2 aromatic carbocycles. The Bertz CT molecular complexity index is 833. The molecule has 2 N–H and O–H groups in total. The van der Waals surface area contributed by atoms with Crippen molar-refractivity contribution in [2.45, 2.75) is 40.2 Å². The first-order valence-electron chi connectivity index (χ1n) is 10.3. The molecule has 1 fully saturated rings. The zero-order chi connectivity index (χ0) is 20.8. The number of hydrogen-bond acceptors (Lipinski definition) is 3. The molecule has 2 amide bonds. The van der Waals surface area contributed by atoms with Gasteiger partial charge >= 0.3 is 0 Å². The molecule has 0 bridgehead atoms. The number of amides is 2. The molecule has 1 saturated heterocycles. The summed E-state index contributed by atoms with van der Waals surface area (Å²) in [5.74, 6) is 0.149. The molecule has 0 unspecified atom stereocenters. The van der Waals surface area contributed by atoms with Crippen LogP contribution in [0.2, 0.25) is 0 Å². The number of aryl methyl sites for hydroxylation is 3. The Morgan fingerprint density at radius 1 is 1.00 bits per heavy atom. The molecule has 0 atom stereocenters. The number of carbonyl (C=O) groups is 2. The highest BCUT2D eigenvalue weighted by molar-refractivity contribution is 5.93. The number of hydrogen-bond donors (Lipinski definition) is 2. The number of piperidine rings is 1. The molecule has 154 valence electrons. The summed E-state index contributed by atoms with van der Waals surface area (Å²) in [4.78, 5) is 27.1. The Kier molecular flexibility index (Phi) is 7.04. The van der Waals surface area contributed by atoms with Crippen molar-refractivity contribution in [1.82, 2.24) is 10.2 Å². The standard InChI is InChI=1S/C24H31N3O2/c1-17-13-18(2)23(19(3)14-17)26-22(28)16-27-11-9-21(10-12-27)24(29)25-15-20-7-5-4-6-8-20/h4-8,13-14,21H,9-12,15-16H2,1-3H3,(H,25,29)(H,26,28). The fourth-order valence-corrected chi connectivity index (χ4v) is 4.04. The number of nitrogens with zero attached hydrogens (tertiary/aromatic N) is 1. The van der Waals surface area contributed by atoms with Crippen molar-refractivity contribution < 1.29 is 9.59 Å². The van der Waals surface area contributed by atoms with E-state index in [9.17, 15) is 9.59 Å². The van der Waals surface area contributed by atoms with Crippen LogP contribution in [0.3, 0.4) is 0 Å². The second kappa shape index (κ2) is 9.70. The minimum absolute atomic E-state index is 0.00651. The molecule has 2 aromatic rings. The molecule has 1 aliphatic heterocycles. The fourth-order valence-electron chi connectivity index (χ4n) is 4.04. The first-order valence-corrected chi connectivity index (χ1v) is 10.3. The van der Waals surface area contributed by atoms with Gasteiger partial charge in [-0.05, 0) is 63.4 Å². The van der Waals surface area contributed by atoms with E-state index in [2.05, 4.69) is 34.6 Å². The van der Waals surface area contributed by atoms with Crippen molar-refractivity contribution in [3.05, 3.63) is 64.7 Å². The van der Waals surface area contributed by atoms with E-state index in [-0.39, 0.29) is 17.7 Å². The maximum atomic E-state index is 12.5. The summed E-state index contributed by atoms with van der Waals surface area (Å²) in [6.07, 6.45) is 1.58. The van der Waals surface area contributed by atoms with E-state index in [1.165, 1.54) is 5.56 Å². The first kappa shape index (κ1) is 21.1. The van der Waals surface area contributed by atoms with Gasteiger partial charge in [0.2, 0.25) is 11.8 Å². The molecule has 0 aliphatic carbocycles. The second-order valence-corrected chi connectivity index (χ2v) is 8.08. The molecule has 5 heteroatoms. The third kappa shape index (κ3) is 5.91. The lowest BCUT2D eigenvalue weighted by Crippen LogP contribution is -2.43. The molecule has 0 radical (unpaired) electrons. The lowest BCUT2D eigenvalue weighted by molar-refractivity contribution is -0.126. The quantitative estimate of drug-likeness (QED) is 0.789. The van der Waals surface area contributed by atoms with E-state index in [1.807, 2.05) is 44.2 Å². The molecular formula is C24H31N3O2. The van der Waals surface area contributed by atoms with Crippen LogP contribution in [0.25, 0.3) is 0 Å². The smallest absolute Gasteiger partial charge is 0.238 e. The lowest BCUT2D eigenvalue weighted by atomic mass is 9.96. The van der Waals surface area contributed by atoms with Crippen molar-refractivity contribution in [3.8, 4) is 0 Å². The van der Waals surface area contributed by atoms with Gasteiger partial charge in [-0.25, -0.2) is 0 Å². The molecule has 1 heterocycles. The van der Waals surface area contributed by atoms with Gasteiger partial charge in [0, 0.05) is 18.2 Å². The molecule has 5 nitrogen and oxygen atoms in total. The van der Waals surface area contributed by atoms with E-state index in [0.717, 1.165) is 48.3 Å². The minimum atomic E-state index is 0.00651. The number of anilines is 1. The zero-order valence-electron chi connectivity index (χ0n) is 17.6. The van der Waals surface area contributed by atoms with Crippen LogP contribution in [0.15, 0.2) is 42.5 Å². The van der Waals surface area contributed by atoms with Crippen LogP contribution in [-0.2, 0) is 16.1 Å². The predicted octanol–water partition coefficient (Wildman–Crippen LogP) is 3.58. The van der Waals surface area contributed by atoms with Crippen LogP contribution in [0, 0.1) is 26.7 Å². The fraction of sp³-hybridized carbons (Fsp3) is 0.417. The van der Waals surface area contributed by atoms with Crippen molar-refractivity contribution in [3.63, 3.8) is 0 Å². The Labute approximate surface area is 173 Å². The summed E-state index contributed by atoms with van der Waals surface area (Å²) in [6, 6.07) is 14.1. The van der Waals surface area contributed by atoms with Crippen LogP contribution in [0.4, 0.5) is 5.69 Å². The molecule has 0 aromatic heterocycles. The molecular weight excluding hydrogens is 362 g/mol. The van der Waals surface area contributed by atoms with Crippen LogP contribution >= 0.6 is 0 Å². The average molecular weight is 394 g/mol. The number of nitrogens with one attached hydrogen (secondary N) is 2. The van der Waals surface area contributed by atoms with Crippen LogP contribution < -0.4 is 10.6 Å². The second-order valence-electron chi connectivity index (χ2n) is 8.08. The number of carbonyl (C=O) groups excluding carboxylic acids is 2. The number of rotatable bonds is 6. The van der Waals surface area contributed by atoms with Crippen LogP contribution in [0.1, 0.15) is 35.1 Å². The molecule has 3 rings (SSSR count). The SMILES string of the molecule is Cc1cc(C)c(NC(=O)CN2CCC(C(=O)NCc3ccccc3)CC2)c(C)c1. The van der Waals surface area contributed by atoms with E-state index in [1.54, 1.807) is 0 Å². The summed E-state index contributed by atoms with van der Waals surface area (Å²) in [6.45, 7) is 8.57. The normalized spacial score (nSPS) is 15.1. The third-order valence-electron chi connectivity index (χ3n) is 5.58. The van der Waals surface area contributed by atoms with E-state index >= 15 is 0 Å². The maximum absolute atomic E-state index is 12.5. The average Bonchev–Trinajstić information content (AvgIpc) is 2.70. The number of benzene rings is 2. The largest absolute Gasteiger partial charge is 0.352 e. The van der Waals surface area contributed by atoms with Gasteiger partial charge in [-0.3, -0.25) is 14.5 Å². The third-order valence-corrected chi connectivity index (χ3v) is 5.58. The van der Waals surface area contributed by atoms with Crippen LogP contribution in [0.5, 0.6) is 0 Å². The summed E-state index contributed by atoms with van der Waals surface area (Å²) >= 11 is 0. The highest BCUT2D eigenvalue weighted by atomic mass is 16.2. The number of likely N-dealkylation sites (tertiary alicyclic amines) is 1. The van der Waals surface area contributed by atoms with E-state index < -0.39 is 0 Å². The molecule has 0 spiro atoms. The summed E-state index contributed by atoms with van der Waals surface area (Å²) in [5.41, 5.74) is 5.40. The van der Waals surface area contributed by atoms with Gasteiger partial charge in [0.15, 0.2) is 0 Å². The summed E-state index contributed by atoms with van der Waals surface area (Å²) in [7, 11) is 0. The Hall–Kier alpha value is -2.66.